The largest absolute Gasteiger partial charge is 0.444 e. The van der Waals surface area contributed by atoms with Crippen molar-refractivity contribution in [3.8, 4) is 11.3 Å². The lowest BCUT2D eigenvalue weighted by atomic mass is 10.1. The molecule has 8 nitrogen and oxygen atoms in total. The molecule has 0 aliphatic carbocycles. The number of hydrogen-bond acceptors (Lipinski definition) is 6. The number of rotatable bonds is 4. The van der Waals surface area contributed by atoms with Gasteiger partial charge in [0.1, 0.15) is 17.7 Å². The molecule has 1 saturated heterocycles. The first-order valence-electron chi connectivity index (χ1n) is 10.4. The van der Waals surface area contributed by atoms with Gasteiger partial charge in [0.05, 0.1) is 11.9 Å². The predicted octanol–water partition coefficient (Wildman–Crippen LogP) is 4.73. The van der Waals surface area contributed by atoms with Crippen LogP contribution in [-0.2, 0) is 17.5 Å². The van der Waals surface area contributed by atoms with Gasteiger partial charge in [-0.25, -0.2) is 14.8 Å². The Bertz CT molecular complexity index is 1010. The normalized spacial score (nSPS) is 16.0. The van der Waals surface area contributed by atoms with E-state index in [9.17, 15) is 31.1 Å². The van der Waals surface area contributed by atoms with Crippen LogP contribution in [0.15, 0.2) is 18.6 Å². The summed E-state index contributed by atoms with van der Waals surface area (Å²) in [6.45, 7) is 4.55. The van der Waals surface area contributed by atoms with Crippen LogP contribution in [0.1, 0.15) is 39.2 Å². The molecule has 1 N–H and O–H groups in total. The van der Waals surface area contributed by atoms with E-state index >= 15 is 0 Å². The van der Waals surface area contributed by atoms with E-state index in [1.165, 1.54) is 4.90 Å². The number of aromatic nitrogens is 4. The molecule has 3 rings (SSSR count). The van der Waals surface area contributed by atoms with E-state index < -0.39 is 41.8 Å². The molecule has 0 unspecified atom stereocenters. The molecule has 1 amide bonds. The summed E-state index contributed by atoms with van der Waals surface area (Å²) in [4.78, 5) is 21.4. The highest BCUT2D eigenvalue weighted by Gasteiger charge is 2.36. The second-order valence-corrected chi connectivity index (χ2v) is 8.88. The van der Waals surface area contributed by atoms with Crippen molar-refractivity contribution in [2.45, 2.75) is 64.2 Å². The van der Waals surface area contributed by atoms with Crippen LogP contribution in [0.4, 0.5) is 37.1 Å². The van der Waals surface area contributed by atoms with Gasteiger partial charge in [-0.3, -0.25) is 4.68 Å². The maximum atomic E-state index is 13.5. The number of ether oxygens (including phenoxy) is 1. The number of carbonyl (C=O) groups excluding carboxylic acids is 1. The fourth-order valence-corrected chi connectivity index (χ4v) is 3.35. The SMILES string of the molecule is CC(C)(C)OC(=O)N1CCC(Nc2ncc(C(F)(F)F)c(-c3cnn(CC(F)(F)F)c3)n2)CC1. The van der Waals surface area contributed by atoms with Gasteiger partial charge in [-0.2, -0.15) is 31.4 Å². The van der Waals surface area contributed by atoms with Gasteiger partial charge in [-0.15, -0.1) is 0 Å². The number of carbonyl (C=O) groups is 1. The van der Waals surface area contributed by atoms with Crippen molar-refractivity contribution >= 4 is 12.0 Å². The highest BCUT2D eigenvalue weighted by molar-refractivity contribution is 5.68. The number of nitrogens with zero attached hydrogens (tertiary/aromatic N) is 5. The fraction of sp³-hybridized carbons (Fsp3) is 0.600. The molecule has 0 radical (unpaired) electrons. The summed E-state index contributed by atoms with van der Waals surface area (Å²) >= 11 is 0. The van der Waals surface area contributed by atoms with E-state index in [1.54, 1.807) is 20.8 Å². The van der Waals surface area contributed by atoms with Crippen LogP contribution in [0.2, 0.25) is 0 Å². The van der Waals surface area contributed by atoms with Crippen molar-refractivity contribution in [2.75, 3.05) is 18.4 Å². The number of piperidine rings is 1. The molecule has 0 aromatic carbocycles. The molecule has 1 aliphatic rings. The quantitative estimate of drug-likeness (QED) is 0.619. The summed E-state index contributed by atoms with van der Waals surface area (Å²) in [5.74, 6) is -0.109. The topological polar surface area (TPSA) is 85.2 Å². The number of anilines is 1. The van der Waals surface area contributed by atoms with Crippen LogP contribution in [0, 0.1) is 0 Å². The first kappa shape index (κ1) is 25.6. The van der Waals surface area contributed by atoms with Gasteiger partial charge in [0, 0.05) is 37.1 Å². The lowest BCUT2D eigenvalue weighted by molar-refractivity contribution is -0.142. The van der Waals surface area contributed by atoms with Crippen molar-refractivity contribution in [2.24, 2.45) is 0 Å². The molecule has 34 heavy (non-hydrogen) atoms. The van der Waals surface area contributed by atoms with Crippen LogP contribution >= 0.6 is 0 Å². The summed E-state index contributed by atoms with van der Waals surface area (Å²) < 4.78 is 84.1. The van der Waals surface area contributed by atoms with Gasteiger partial charge in [0.25, 0.3) is 0 Å². The minimum absolute atomic E-state index is 0.109. The van der Waals surface area contributed by atoms with Crippen molar-refractivity contribution in [3.63, 3.8) is 0 Å². The van der Waals surface area contributed by atoms with Crippen molar-refractivity contribution in [3.05, 3.63) is 24.2 Å². The molecule has 1 aliphatic heterocycles. The molecule has 0 spiro atoms. The lowest BCUT2D eigenvalue weighted by Crippen LogP contribution is -2.44. The highest BCUT2D eigenvalue weighted by atomic mass is 19.4. The fourth-order valence-electron chi connectivity index (χ4n) is 3.35. The standard InChI is InChI=1S/C20H24F6N6O2/c1-18(2,3)34-17(33)31-6-4-13(5-7-31)29-16-27-9-14(20(24,25)26)15(30-16)12-8-28-32(10-12)11-19(21,22)23/h8-10,13H,4-7,11H2,1-3H3,(H,27,29,30). The monoisotopic (exact) mass is 494 g/mol. The Morgan fingerprint density at radius 2 is 1.76 bits per heavy atom. The third-order valence-corrected chi connectivity index (χ3v) is 4.82. The van der Waals surface area contributed by atoms with E-state index in [1.807, 2.05) is 0 Å². The minimum atomic E-state index is -4.82. The van der Waals surface area contributed by atoms with E-state index in [-0.39, 0.29) is 17.6 Å². The number of hydrogen-bond donors (Lipinski definition) is 1. The maximum Gasteiger partial charge on any atom is 0.419 e. The molecular weight excluding hydrogens is 470 g/mol. The predicted molar refractivity (Wildman–Crippen MR) is 109 cm³/mol. The van der Waals surface area contributed by atoms with Crippen LogP contribution in [-0.4, -0.2) is 61.7 Å². The second kappa shape index (κ2) is 9.29. The molecule has 2 aromatic rings. The molecular formula is C20H24F6N6O2. The molecule has 14 heteroatoms. The molecule has 3 heterocycles. The molecule has 0 atom stereocenters. The van der Waals surface area contributed by atoms with Gasteiger partial charge in [-0.05, 0) is 33.6 Å². The summed E-state index contributed by atoms with van der Waals surface area (Å²) in [5.41, 5.74) is -2.62. The Morgan fingerprint density at radius 1 is 1.12 bits per heavy atom. The van der Waals surface area contributed by atoms with E-state index in [2.05, 4.69) is 20.4 Å². The second-order valence-electron chi connectivity index (χ2n) is 8.88. The number of amides is 1. The van der Waals surface area contributed by atoms with Crippen LogP contribution in [0.3, 0.4) is 0 Å². The van der Waals surface area contributed by atoms with E-state index in [0.29, 0.717) is 36.8 Å². The number of halogens is 6. The van der Waals surface area contributed by atoms with Crippen LogP contribution in [0.5, 0.6) is 0 Å². The van der Waals surface area contributed by atoms with Crippen LogP contribution in [0.25, 0.3) is 11.3 Å². The Labute approximate surface area is 191 Å². The zero-order valence-corrected chi connectivity index (χ0v) is 18.7. The van der Waals surface area contributed by atoms with Crippen molar-refractivity contribution < 1.29 is 35.9 Å². The van der Waals surface area contributed by atoms with Gasteiger partial charge in [0.2, 0.25) is 5.95 Å². The summed E-state index contributed by atoms with van der Waals surface area (Å²) in [6, 6.07) is -0.226. The molecule has 2 aromatic heterocycles. The minimum Gasteiger partial charge on any atom is -0.444 e. The molecule has 188 valence electrons. The van der Waals surface area contributed by atoms with Gasteiger partial charge in [0.15, 0.2) is 0 Å². The average Bonchev–Trinajstić information content (AvgIpc) is 3.13. The summed E-state index contributed by atoms with van der Waals surface area (Å²) in [5, 5.41) is 6.44. The number of likely N-dealkylation sites (tertiary alicyclic amines) is 1. The lowest BCUT2D eigenvalue weighted by Gasteiger charge is -2.33. The number of alkyl halides is 6. The Hall–Kier alpha value is -3.06. The summed E-state index contributed by atoms with van der Waals surface area (Å²) in [6.07, 6.45) is -6.57. The Balaban J connectivity index is 1.74. The van der Waals surface area contributed by atoms with Crippen molar-refractivity contribution in [1.29, 1.82) is 0 Å². The first-order valence-corrected chi connectivity index (χ1v) is 10.4. The molecule has 0 saturated carbocycles. The van der Waals surface area contributed by atoms with Gasteiger partial charge in [-0.1, -0.05) is 0 Å². The third-order valence-electron chi connectivity index (χ3n) is 4.82. The number of nitrogens with one attached hydrogen (secondary N) is 1. The maximum absolute atomic E-state index is 13.5. The van der Waals surface area contributed by atoms with Gasteiger partial charge >= 0.3 is 18.4 Å². The Morgan fingerprint density at radius 3 is 2.32 bits per heavy atom. The van der Waals surface area contributed by atoms with E-state index in [4.69, 9.17) is 4.74 Å². The molecule has 0 bridgehead atoms. The summed E-state index contributed by atoms with van der Waals surface area (Å²) in [7, 11) is 0. The highest BCUT2D eigenvalue weighted by Crippen LogP contribution is 2.36. The Kier molecular flexibility index (Phi) is 6.99. The first-order chi connectivity index (χ1) is 15.6. The van der Waals surface area contributed by atoms with Gasteiger partial charge < -0.3 is 15.0 Å². The third kappa shape index (κ3) is 6.97. The van der Waals surface area contributed by atoms with E-state index in [0.717, 1.165) is 12.4 Å². The zero-order valence-electron chi connectivity index (χ0n) is 18.7. The zero-order chi connectivity index (χ0) is 25.3. The van der Waals surface area contributed by atoms with Crippen LogP contribution < -0.4 is 5.32 Å². The molecule has 1 fully saturated rings. The smallest absolute Gasteiger partial charge is 0.419 e. The van der Waals surface area contributed by atoms with Crippen molar-refractivity contribution in [1.82, 2.24) is 24.6 Å². The average molecular weight is 494 g/mol.